The monoisotopic (exact) mass is 269 g/mol. The van der Waals surface area contributed by atoms with Crippen LogP contribution in [0.1, 0.15) is 30.9 Å². The molecule has 0 spiro atoms. The van der Waals surface area contributed by atoms with Crippen LogP contribution in [-0.4, -0.2) is 11.2 Å². The van der Waals surface area contributed by atoms with Gasteiger partial charge in [-0.15, -0.1) is 0 Å². The highest BCUT2D eigenvalue weighted by molar-refractivity contribution is 9.10. The molecular weight excluding hydrogens is 258 g/mol. The third-order valence-electron chi connectivity index (χ3n) is 2.15. The van der Waals surface area contributed by atoms with Gasteiger partial charge in [0.2, 0.25) is 6.08 Å². The topological polar surface area (TPSA) is 49.7 Å². The van der Waals surface area contributed by atoms with E-state index in [2.05, 4.69) is 34.8 Å². The molecule has 0 aliphatic heterocycles. The Bertz CT molecular complexity index is 409. The van der Waals surface area contributed by atoms with Gasteiger partial charge in [-0.3, -0.25) is 0 Å². The Kier molecular flexibility index (Phi) is 4.06. The third-order valence-corrected chi connectivity index (χ3v) is 2.75. The maximum absolute atomic E-state index is 10.0. The Morgan fingerprint density at radius 3 is 2.73 bits per heavy atom. The molecule has 1 aromatic rings. The highest BCUT2D eigenvalue weighted by Gasteiger charge is 2.09. The maximum Gasteiger partial charge on any atom is 0.235 e. The Balaban J connectivity index is 3.18. The van der Waals surface area contributed by atoms with E-state index in [-0.39, 0.29) is 12.3 Å². The van der Waals surface area contributed by atoms with Crippen LogP contribution >= 0.6 is 15.9 Å². The Hall–Kier alpha value is -1.12. The summed E-state index contributed by atoms with van der Waals surface area (Å²) in [5.74, 6) is 0.499. The van der Waals surface area contributed by atoms with Gasteiger partial charge in [0.05, 0.1) is 11.0 Å². The highest BCUT2D eigenvalue weighted by atomic mass is 79.9. The third kappa shape index (κ3) is 2.91. The van der Waals surface area contributed by atoms with Crippen molar-refractivity contribution in [2.75, 3.05) is 0 Å². The number of phenols is 1. The summed E-state index contributed by atoms with van der Waals surface area (Å²) in [5.41, 5.74) is 1.73. The number of rotatable bonds is 3. The molecule has 1 rings (SSSR count). The van der Waals surface area contributed by atoms with E-state index in [4.69, 9.17) is 0 Å². The van der Waals surface area contributed by atoms with Crippen LogP contribution in [0.4, 0.5) is 0 Å². The van der Waals surface area contributed by atoms with Crippen LogP contribution in [0, 0.1) is 0 Å². The van der Waals surface area contributed by atoms with Crippen molar-refractivity contribution >= 4 is 22.0 Å². The van der Waals surface area contributed by atoms with Gasteiger partial charge in [-0.2, -0.15) is 0 Å². The number of carbonyl (C=O) groups excluding carboxylic acids is 1. The molecular formula is C11H12BrNO2. The van der Waals surface area contributed by atoms with Crippen LogP contribution in [-0.2, 0) is 11.3 Å². The summed E-state index contributed by atoms with van der Waals surface area (Å²) in [6.07, 6.45) is 1.46. The zero-order valence-electron chi connectivity index (χ0n) is 8.62. The van der Waals surface area contributed by atoms with E-state index in [9.17, 15) is 9.90 Å². The number of nitrogens with zero attached hydrogens (tertiary/aromatic N) is 1. The summed E-state index contributed by atoms with van der Waals surface area (Å²) in [5, 5.41) is 9.69. The number of aromatic hydroxyl groups is 1. The quantitative estimate of drug-likeness (QED) is 0.677. The molecule has 0 saturated carbocycles. The van der Waals surface area contributed by atoms with Crippen molar-refractivity contribution < 1.29 is 9.90 Å². The van der Waals surface area contributed by atoms with Crippen molar-refractivity contribution in [3.05, 3.63) is 27.7 Å². The normalized spacial score (nSPS) is 10.1. The van der Waals surface area contributed by atoms with Crippen molar-refractivity contribution in [1.82, 2.24) is 0 Å². The fourth-order valence-corrected chi connectivity index (χ4v) is 1.77. The summed E-state index contributed by atoms with van der Waals surface area (Å²) in [7, 11) is 0. The fraction of sp³-hybridized carbons (Fsp3) is 0.364. The van der Waals surface area contributed by atoms with Gasteiger partial charge in [0.1, 0.15) is 5.75 Å². The molecule has 80 valence electrons. The Morgan fingerprint density at radius 1 is 1.53 bits per heavy atom. The van der Waals surface area contributed by atoms with E-state index < -0.39 is 0 Å². The van der Waals surface area contributed by atoms with E-state index in [1.54, 1.807) is 0 Å². The minimum atomic E-state index is 0.137. The lowest BCUT2D eigenvalue weighted by Crippen LogP contribution is -1.92. The molecule has 1 N–H and O–H groups in total. The van der Waals surface area contributed by atoms with Crippen molar-refractivity contribution in [3.8, 4) is 5.75 Å². The van der Waals surface area contributed by atoms with Gasteiger partial charge in [0.25, 0.3) is 0 Å². The predicted octanol–water partition coefficient (Wildman–Crippen LogP) is 3.11. The summed E-state index contributed by atoms with van der Waals surface area (Å²) in [4.78, 5) is 13.5. The average Bonchev–Trinajstić information content (AvgIpc) is 2.19. The summed E-state index contributed by atoms with van der Waals surface area (Å²) in [6, 6.07) is 3.72. The highest BCUT2D eigenvalue weighted by Crippen LogP contribution is 2.32. The molecule has 15 heavy (non-hydrogen) atoms. The van der Waals surface area contributed by atoms with Crippen LogP contribution in [0.2, 0.25) is 0 Å². The lowest BCUT2D eigenvalue weighted by molar-refractivity contribution is 0.464. The minimum absolute atomic E-state index is 0.137. The average molecular weight is 270 g/mol. The maximum atomic E-state index is 10.0. The zero-order valence-corrected chi connectivity index (χ0v) is 10.2. The van der Waals surface area contributed by atoms with Crippen LogP contribution < -0.4 is 0 Å². The number of hydrogen-bond acceptors (Lipinski definition) is 3. The second-order valence-electron chi connectivity index (χ2n) is 3.57. The van der Waals surface area contributed by atoms with Gasteiger partial charge in [-0.25, -0.2) is 9.79 Å². The molecule has 0 aromatic heterocycles. The Labute approximate surface area is 97.0 Å². The first kappa shape index (κ1) is 12.0. The predicted molar refractivity (Wildman–Crippen MR) is 61.7 cm³/mol. The molecule has 0 radical (unpaired) electrons. The van der Waals surface area contributed by atoms with E-state index in [0.29, 0.717) is 16.0 Å². The zero-order chi connectivity index (χ0) is 11.4. The fourth-order valence-electron chi connectivity index (χ4n) is 1.25. The lowest BCUT2D eigenvalue weighted by atomic mass is 10.0. The number of benzene rings is 1. The van der Waals surface area contributed by atoms with Crippen LogP contribution in [0.15, 0.2) is 21.6 Å². The first-order valence-corrected chi connectivity index (χ1v) is 5.40. The second kappa shape index (κ2) is 5.10. The van der Waals surface area contributed by atoms with Gasteiger partial charge in [-0.05, 0) is 39.5 Å². The van der Waals surface area contributed by atoms with E-state index in [0.717, 1.165) is 5.56 Å². The smallest absolute Gasteiger partial charge is 0.235 e. The summed E-state index contributed by atoms with van der Waals surface area (Å²) < 4.78 is 0.629. The molecule has 0 saturated heterocycles. The molecule has 0 fully saturated rings. The first-order chi connectivity index (χ1) is 7.06. The molecule has 0 aliphatic carbocycles. The van der Waals surface area contributed by atoms with Gasteiger partial charge in [0.15, 0.2) is 0 Å². The number of hydrogen-bond donors (Lipinski definition) is 1. The molecule has 0 heterocycles. The van der Waals surface area contributed by atoms with E-state index in [1.165, 1.54) is 6.08 Å². The second-order valence-corrected chi connectivity index (χ2v) is 4.43. The largest absolute Gasteiger partial charge is 0.506 e. The number of halogens is 1. The van der Waals surface area contributed by atoms with Gasteiger partial charge >= 0.3 is 0 Å². The van der Waals surface area contributed by atoms with Crippen molar-refractivity contribution in [3.63, 3.8) is 0 Å². The van der Waals surface area contributed by atoms with Gasteiger partial charge < -0.3 is 5.11 Å². The number of phenolic OH excluding ortho intramolecular Hbond substituents is 1. The van der Waals surface area contributed by atoms with Crippen molar-refractivity contribution in [2.45, 2.75) is 26.3 Å². The molecule has 0 aliphatic rings. The van der Waals surface area contributed by atoms with Gasteiger partial charge in [0, 0.05) is 5.56 Å². The number of isocyanates is 1. The SMILES string of the molecule is CC(C)c1cc(Br)c(O)c(CN=C=O)c1. The molecule has 4 heteroatoms. The molecule has 0 amide bonds. The molecule has 0 unspecified atom stereocenters. The van der Waals surface area contributed by atoms with Crippen molar-refractivity contribution in [2.24, 2.45) is 4.99 Å². The molecule has 0 atom stereocenters. The molecule has 3 nitrogen and oxygen atoms in total. The van der Waals surface area contributed by atoms with E-state index in [1.807, 2.05) is 12.1 Å². The number of aliphatic imine (C=N–C) groups is 1. The standard InChI is InChI=1S/C11H12BrNO2/c1-7(2)8-3-9(5-13-6-14)11(15)10(12)4-8/h3-4,7,15H,5H2,1-2H3. The lowest BCUT2D eigenvalue weighted by Gasteiger charge is -2.10. The summed E-state index contributed by atoms with van der Waals surface area (Å²) >= 11 is 3.27. The van der Waals surface area contributed by atoms with E-state index >= 15 is 0 Å². The molecule has 1 aromatic carbocycles. The Morgan fingerprint density at radius 2 is 2.20 bits per heavy atom. The first-order valence-electron chi connectivity index (χ1n) is 4.61. The summed E-state index contributed by atoms with van der Waals surface area (Å²) in [6.45, 7) is 4.28. The van der Waals surface area contributed by atoms with Crippen LogP contribution in [0.5, 0.6) is 5.75 Å². The van der Waals surface area contributed by atoms with Gasteiger partial charge in [-0.1, -0.05) is 13.8 Å². The van der Waals surface area contributed by atoms with Crippen LogP contribution in [0.3, 0.4) is 0 Å². The van der Waals surface area contributed by atoms with Crippen LogP contribution in [0.25, 0.3) is 0 Å². The van der Waals surface area contributed by atoms with Crippen molar-refractivity contribution in [1.29, 1.82) is 0 Å². The minimum Gasteiger partial charge on any atom is -0.506 e. The molecule has 0 bridgehead atoms.